The predicted octanol–water partition coefficient (Wildman–Crippen LogP) is -0.628. The molecule has 0 aliphatic heterocycles. The first kappa shape index (κ1) is 13.0. The van der Waals surface area contributed by atoms with Crippen LogP contribution in [0, 0.1) is 0 Å². The smallest absolute Gasteiger partial charge is 0.380 e. The summed E-state index contributed by atoms with van der Waals surface area (Å²) in [5.74, 6) is 0. The van der Waals surface area contributed by atoms with Crippen molar-refractivity contribution in [2.75, 3.05) is 49.4 Å². The molecule has 6 heteroatoms. The van der Waals surface area contributed by atoms with Gasteiger partial charge in [0.2, 0.25) is 0 Å². The molecule has 0 fully saturated rings. The first-order valence-corrected chi connectivity index (χ1v) is 4.44. The van der Waals surface area contributed by atoms with Crippen LogP contribution < -0.4 is 0 Å². The highest BCUT2D eigenvalue weighted by Crippen LogP contribution is 2.00. The van der Waals surface area contributed by atoms with Gasteiger partial charge in [-0.3, -0.25) is 0 Å². The van der Waals surface area contributed by atoms with E-state index in [4.69, 9.17) is 4.65 Å². The Bertz CT molecular complexity index is 136. The van der Waals surface area contributed by atoms with E-state index in [1.807, 2.05) is 14.1 Å². The molecule has 0 aromatic heterocycles. The van der Waals surface area contributed by atoms with Crippen molar-refractivity contribution in [3.8, 4) is 0 Å². The van der Waals surface area contributed by atoms with Gasteiger partial charge in [-0.1, -0.05) is 0 Å². The molecule has 0 aliphatic carbocycles. The molecule has 4 nitrogen and oxygen atoms in total. The van der Waals surface area contributed by atoms with Gasteiger partial charge in [0, 0.05) is 7.11 Å². The molecule has 13 heavy (non-hydrogen) atoms. The van der Waals surface area contributed by atoms with Gasteiger partial charge in [0.15, 0.2) is 0 Å². The number of hydrogen-bond acceptors (Lipinski definition) is 4. The van der Waals surface area contributed by atoms with Gasteiger partial charge in [0.1, 0.15) is 0 Å². The van der Waals surface area contributed by atoms with Crippen LogP contribution in [0.2, 0.25) is 0 Å². The molecule has 0 heterocycles. The van der Waals surface area contributed by atoms with E-state index in [-0.39, 0.29) is 13.8 Å². The van der Waals surface area contributed by atoms with Crippen LogP contribution in [0.5, 0.6) is 0 Å². The second-order valence-corrected chi connectivity index (χ2v) is 3.93. The Labute approximate surface area is 83.1 Å². The molecule has 0 aromatic carbocycles. The molecular weight excluding hydrogens is 164 g/mol. The Hall–Kier alpha value is -0.0301. The van der Waals surface area contributed by atoms with Crippen molar-refractivity contribution in [3.05, 3.63) is 0 Å². The SMILES string of the molecule is COB(B(N(C)C)N(C)C)N(C)C. The summed E-state index contributed by atoms with van der Waals surface area (Å²) in [6.07, 6.45) is 0. The molecule has 0 aromatic rings. The molecule has 0 radical (unpaired) electrons. The fourth-order valence-electron chi connectivity index (χ4n) is 1.57. The van der Waals surface area contributed by atoms with Crippen molar-refractivity contribution < 1.29 is 4.65 Å². The van der Waals surface area contributed by atoms with E-state index in [0.29, 0.717) is 0 Å². The fourth-order valence-corrected chi connectivity index (χ4v) is 1.57. The Morgan fingerprint density at radius 3 is 1.23 bits per heavy atom. The van der Waals surface area contributed by atoms with Gasteiger partial charge >= 0.3 is 13.8 Å². The van der Waals surface area contributed by atoms with Crippen LogP contribution in [0.4, 0.5) is 0 Å². The molecule has 0 amide bonds. The maximum Gasteiger partial charge on any atom is 0.380 e. The van der Waals surface area contributed by atoms with Crippen molar-refractivity contribution in [3.63, 3.8) is 0 Å². The van der Waals surface area contributed by atoms with Gasteiger partial charge in [-0.05, 0) is 42.3 Å². The maximum atomic E-state index is 5.44. The van der Waals surface area contributed by atoms with Crippen molar-refractivity contribution in [1.29, 1.82) is 0 Å². The number of rotatable bonds is 5. The van der Waals surface area contributed by atoms with Crippen LogP contribution >= 0.6 is 0 Å². The molecule has 0 saturated heterocycles. The lowest BCUT2D eigenvalue weighted by Crippen LogP contribution is -2.63. The molecule has 0 N–H and O–H groups in total. The lowest BCUT2D eigenvalue weighted by atomic mass is 9.35. The van der Waals surface area contributed by atoms with Crippen LogP contribution in [0.15, 0.2) is 0 Å². The van der Waals surface area contributed by atoms with Gasteiger partial charge in [-0.15, -0.1) is 0 Å². The minimum absolute atomic E-state index is 0.0880. The highest BCUT2D eigenvalue weighted by Gasteiger charge is 2.38. The molecule has 0 unspecified atom stereocenters. The minimum Gasteiger partial charge on any atom is -0.428 e. The van der Waals surface area contributed by atoms with Gasteiger partial charge in [-0.2, -0.15) is 0 Å². The summed E-state index contributed by atoms with van der Waals surface area (Å²) in [7, 11) is 14.0. The second kappa shape index (κ2) is 5.65. The predicted molar refractivity (Wildman–Crippen MR) is 59.6 cm³/mol. The standard InChI is InChI=1S/C7H21B2N3O/c1-10(2)8(11(3)4)9(13-7)12(5)6/h1-7H3. The summed E-state index contributed by atoms with van der Waals surface area (Å²) in [6.45, 7) is 0.352. The van der Waals surface area contributed by atoms with E-state index in [1.54, 1.807) is 7.11 Å². The van der Waals surface area contributed by atoms with Crippen LogP contribution in [-0.4, -0.2) is 77.6 Å². The zero-order valence-electron chi connectivity index (χ0n) is 9.90. The Morgan fingerprint density at radius 1 is 0.769 bits per heavy atom. The molecule has 0 rings (SSSR count). The van der Waals surface area contributed by atoms with E-state index in [1.165, 1.54) is 0 Å². The highest BCUT2D eigenvalue weighted by molar-refractivity contribution is 7.15. The number of hydrogen-bond donors (Lipinski definition) is 0. The minimum atomic E-state index is 0.0880. The summed E-state index contributed by atoms with van der Waals surface area (Å²) in [5.41, 5.74) is 0. The van der Waals surface area contributed by atoms with Crippen LogP contribution in [0.25, 0.3) is 0 Å². The third-order valence-corrected chi connectivity index (χ3v) is 2.06. The van der Waals surface area contributed by atoms with Crippen molar-refractivity contribution in [2.24, 2.45) is 0 Å². The van der Waals surface area contributed by atoms with Crippen LogP contribution in [-0.2, 0) is 4.65 Å². The summed E-state index contributed by atoms with van der Waals surface area (Å²) in [5, 5.41) is 0. The Balaban J connectivity index is 4.49. The molecule has 0 aliphatic rings. The Morgan fingerprint density at radius 2 is 1.15 bits per heavy atom. The zero-order valence-corrected chi connectivity index (χ0v) is 9.90. The first-order chi connectivity index (χ1) is 5.91. The quantitative estimate of drug-likeness (QED) is 0.530. The average Bonchev–Trinajstić information content (AvgIpc) is 1.97. The lowest BCUT2D eigenvalue weighted by Gasteiger charge is -2.33. The number of nitrogens with zero attached hydrogens (tertiary/aromatic N) is 3. The van der Waals surface area contributed by atoms with Crippen molar-refractivity contribution in [2.45, 2.75) is 0 Å². The van der Waals surface area contributed by atoms with Gasteiger partial charge in [-0.25, -0.2) is 0 Å². The summed E-state index contributed by atoms with van der Waals surface area (Å²) < 4.78 is 5.44. The molecule has 0 spiro atoms. The van der Waals surface area contributed by atoms with Crippen LogP contribution in [0.1, 0.15) is 0 Å². The molecule has 0 bridgehead atoms. The molecule has 0 atom stereocenters. The summed E-state index contributed by atoms with van der Waals surface area (Å²) >= 11 is 0. The topological polar surface area (TPSA) is 19.0 Å². The monoisotopic (exact) mass is 185 g/mol. The lowest BCUT2D eigenvalue weighted by molar-refractivity contribution is 0.368. The van der Waals surface area contributed by atoms with Gasteiger partial charge in [0.05, 0.1) is 0 Å². The summed E-state index contributed by atoms with van der Waals surface area (Å²) in [6, 6.07) is 0. The fraction of sp³-hybridized carbons (Fsp3) is 1.00. The third-order valence-electron chi connectivity index (χ3n) is 2.06. The van der Waals surface area contributed by atoms with Gasteiger partial charge < -0.3 is 19.1 Å². The van der Waals surface area contributed by atoms with Gasteiger partial charge in [0.25, 0.3) is 0 Å². The average molecular weight is 185 g/mol. The van der Waals surface area contributed by atoms with E-state index in [2.05, 4.69) is 42.6 Å². The largest absolute Gasteiger partial charge is 0.428 e. The zero-order chi connectivity index (χ0) is 10.6. The third kappa shape index (κ3) is 3.68. The van der Waals surface area contributed by atoms with E-state index in [9.17, 15) is 0 Å². The second-order valence-electron chi connectivity index (χ2n) is 3.93. The van der Waals surface area contributed by atoms with E-state index >= 15 is 0 Å². The van der Waals surface area contributed by atoms with Crippen molar-refractivity contribution in [1.82, 2.24) is 14.4 Å². The normalized spacial score (nSPS) is 11.5. The molecule has 76 valence electrons. The van der Waals surface area contributed by atoms with Crippen molar-refractivity contribution >= 4 is 13.8 Å². The molecular formula is C7H21B2N3O. The Kier molecular flexibility index (Phi) is 5.63. The maximum absolute atomic E-state index is 5.44. The van der Waals surface area contributed by atoms with Crippen LogP contribution in [0.3, 0.4) is 0 Å². The van der Waals surface area contributed by atoms with E-state index < -0.39 is 0 Å². The summed E-state index contributed by atoms with van der Waals surface area (Å²) in [4.78, 5) is 6.37. The highest BCUT2D eigenvalue weighted by atomic mass is 16.4. The van der Waals surface area contributed by atoms with E-state index in [0.717, 1.165) is 0 Å². The molecule has 0 saturated carbocycles. The first-order valence-electron chi connectivity index (χ1n) is 4.44.